The van der Waals surface area contributed by atoms with Gasteiger partial charge in [0.1, 0.15) is 0 Å². The van der Waals surface area contributed by atoms with Crippen LogP contribution in [-0.4, -0.2) is 23.4 Å². The summed E-state index contributed by atoms with van der Waals surface area (Å²) in [6, 6.07) is 54.4. The zero-order valence-electron chi connectivity index (χ0n) is 27.8. The molecule has 0 unspecified atom stereocenters. The molecule has 0 radical (unpaired) electrons. The summed E-state index contributed by atoms with van der Waals surface area (Å²) in [4.78, 5) is 15.3. The van der Waals surface area contributed by atoms with E-state index >= 15 is 0 Å². The fourth-order valence-corrected chi connectivity index (χ4v) is 10.0. The van der Waals surface area contributed by atoms with Crippen LogP contribution in [0.4, 0.5) is 0 Å². The largest absolute Gasteiger partial charge is 0.264 e. The first kappa shape index (κ1) is 30.3. The van der Waals surface area contributed by atoms with Crippen molar-refractivity contribution in [3.8, 4) is 56.2 Å². The molecule has 2 aliphatic rings. The number of sulfone groups is 1. The van der Waals surface area contributed by atoms with Gasteiger partial charge in [0, 0.05) is 29.1 Å². The van der Waals surface area contributed by atoms with Crippen molar-refractivity contribution < 1.29 is 8.42 Å². The van der Waals surface area contributed by atoms with Crippen LogP contribution in [0.3, 0.4) is 0 Å². The van der Waals surface area contributed by atoms with Crippen molar-refractivity contribution >= 4 is 9.84 Å². The van der Waals surface area contributed by atoms with Crippen molar-refractivity contribution in [3.05, 3.63) is 198 Å². The van der Waals surface area contributed by atoms with Gasteiger partial charge in [-0.3, -0.25) is 4.98 Å². The minimum absolute atomic E-state index is 0.312. The van der Waals surface area contributed by atoms with Gasteiger partial charge in [0.25, 0.3) is 0 Å². The Hall–Kier alpha value is -6.50. The van der Waals surface area contributed by atoms with Crippen molar-refractivity contribution in [2.24, 2.45) is 0 Å². The molecule has 0 saturated heterocycles. The molecule has 0 atom stereocenters. The van der Waals surface area contributed by atoms with E-state index in [1.807, 2.05) is 79.0 Å². The van der Waals surface area contributed by atoms with Gasteiger partial charge in [-0.15, -0.1) is 0 Å². The van der Waals surface area contributed by atoms with Gasteiger partial charge < -0.3 is 0 Å². The molecule has 1 aliphatic heterocycles. The fraction of sp³-hybridized carbons (Fsp3) is 0.0217. The maximum atomic E-state index is 14.5. The highest BCUT2D eigenvalue weighted by molar-refractivity contribution is 7.91. The first-order valence-electron chi connectivity index (χ1n) is 17.2. The molecule has 0 amide bonds. The van der Waals surface area contributed by atoms with Crippen LogP contribution in [0.25, 0.3) is 56.2 Å². The summed E-state index contributed by atoms with van der Waals surface area (Å²) in [5.74, 6) is 0.564. The SMILES string of the molecule is O=S1(=O)c2ccccc2C2(c3ccccc3-c3ccccc3-c3ccc(-c4nc(-c5ccccc5)cc(-c5cccnc5)n4)cc32)c2ccccc21. The van der Waals surface area contributed by atoms with Crippen molar-refractivity contribution in [2.75, 3.05) is 0 Å². The van der Waals surface area contributed by atoms with E-state index in [1.54, 1.807) is 18.3 Å². The Balaban J connectivity index is 1.35. The lowest BCUT2D eigenvalue weighted by Crippen LogP contribution is -2.38. The number of nitrogens with zero attached hydrogens (tertiary/aromatic N) is 3. The molecule has 8 aromatic rings. The molecule has 0 saturated carbocycles. The van der Waals surface area contributed by atoms with E-state index in [0.717, 1.165) is 72.6 Å². The van der Waals surface area contributed by atoms with Gasteiger partial charge in [-0.05, 0) is 80.9 Å². The number of pyridine rings is 1. The molecule has 6 aromatic carbocycles. The fourth-order valence-electron chi connectivity index (χ4n) is 8.23. The maximum Gasteiger partial charge on any atom is 0.207 e. The number of hydrogen-bond acceptors (Lipinski definition) is 5. The Labute approximate surface area is 301 Å². The molecule has 52 heavy (non-hydrogen) atoms. The van der Waals surface area contributed by atoms with Crippen LogP contribution >= 0.6 is 0 Å². The number of rotatable bonds is 3. The molecule has 1 aliphatic carbocycles. The second-order valence-electron chi connectivity index (χ2n) is 13.2. The number of aromatic nitrogens is 3. The molecular weight excluding hydrogens is 659 g/mol. The average Bonchev–Trinajstić information content (AvgIpc) is 3.32. The van der Waals surface area contributed by atoms with Crippen LogP contribution in [0.2, 0.25) is 0 Å². The summed E-state index contributed by atoms with van der Waals surface area (Å²) in [5, 5.41) is 0. The standard InChI is InChI=1S/C46H29N3O2S/c50-52(51)43-22-10-8-20-38(43)46(39-21-9-11-23-44(39)52)37-19-7-6-18-35(37)33-16-4-5-17-34(33)36-25-24-31(27-40(36)46)45-48-41(30-13-2-1-3-14-30)28-42(49-45)32-15-12-26-47-29-32/h1-29H. The zero-order chi connectivity index (χ0) is 34.9. The third-order valence-corrected chi connectivity index (χ3v) is 12.3. The van der Waals surface area contributed by atoms with Crippen LogP contribution in [0, 0.1) is 0 Å². The first-order valence-corrected chi connectivity index (χ1v) is 18.7. The number of fused-ring (bicyclic) bond motifs is 11. The molecule has 0 bridgehead atoms. The minimum Gasteiger partial charge on any atom is -0.264 e. The number of benzene rings is 6. The van der Waals surface area contributed by atoms with E-state index in [2.05, 4.69) is 83.8 Å². The highest BCUT2D eigenvalue weighted by Crippen LogP contribution is 2.59. The summed E-state index contributed by atoms with van der Waals surface area (Å²) in [6.07, 6.45) is 3.57. The Morgan fingerprint density at radius 2 is 0.962 bits per heavy atom. The van der Waals surface area contributed by atoms with Gasteiger partial charge in [0.05, 0.1) is 26.6 Å². The van der Waals surface area contributed by atoms with Gasteiger partial charge in [0.15, 0.2) is 5.82 Å². The molecule has 1 spiro atoms. The third kappa shape index (κ3) is 4.34. The molecule has 6 heteroatoms. The van der Waals surface area contributed by atoms with E-state index in [1.165, 1.54) is 0 Å². The Bertz CT molecular complexity index is 2710. The lowest BCUT2D eigenvalue weighted by atomic mass is 9.63. The third-order valence-electron chi connectivity index (χ3n) is 10.4. The minimum atomic E-state index is -3.83. The van der Waals surface area contributed by atoms with Gasteiger partial charge in [-0.2, -0.15) is 0 Å². The van der Waals surface area contributed by atoms with Gasteiger partial charge in [0.2, 0.25) is 9.84 Å². The smallest absolute Gasteiger partial charge is 0.207 e. The Morgan fingerprint density at radius 1 is 0.423 bits per heavy atom. The molecule has 0 fully saturated rings. The van der Waals surface area contributed by atoms with E-state index in [4.69, 9.17) is 9.97 Å². The van der Waals surface area contributed by atoms with Crippen molar-refractivity contribution in [1.82, 2.24) is 15.0 Å². The molecule has 5 nitrogen and oxygen atoms in total. The predicted octanol–water partition coefficient (Wildman–Crippen LogP) is 10.0. The summed E-state index contributed by atoms with van der Waals surface area (Å²) in [5.41, 5.74) is 10.9. The molecule has 3 heterocycles. The van der Waals surface area contributed by atoms with Crippen LogP contribution in [0.1, 0.15) is 22.3 Å². The van der Waals surface area contributed by atoms with Crippen LogP contribution < -0.4 is 0 Å². The summed E-state index contributed by atoms with van der Waals surface area (Å²) in [6.45, 7) is 0. The summed E-state index contributed by atoms with van der Waals surface area (Å²) < 4.78 is 28.9. The zero-order valence-corrected chi connectivity index (χ0v) is 28.6. The molecule has 2 aromatic heterocycles. The van der Waals surface area contributed by atoms with Crippen LogP contribution in [0.15, 0.2) is 186 Å². The van der Waals surface area contributed by atoms with Crippen molar-refractivity contribution in [3.63, 3.8) is 0 Å². The molecule has 10 rings (SSSR count). The second-order valence-corrected chi connectivity index (χ2v) is 15.1. The lowest BCUT2D eigenvalue weighted by molar-refractivity contribution is 0.579. The average molecular weight is 688 g/mol. The topological polar surface area (TPSA) is 72.8 Å². The van der Waals surface area contributed by atoms with Gasteiger partial charge in [-0.1, -0.05) is 127 Å². The molecule has 0 N–H and O–H groups in total. The van der Waals surface area contributed by atoms with E-state index in [9.17, 15) is 8.42 Å². The normalized spacial score (nSPS) is 14.2. The Morgan fingerprint density at radius 3 is 1.62 bits per heavy atom. The van der Waals surface area contributed by atoms with E-state index < -0.39 is 15.3 Å². The van der Waals surface area contributed by atoms with Crippen molar-refractivity contribution in [2.45, 2.75) is 15.2 Å². The number of hydrogen-bond donors (Lipinski definition) is 0. The highest BCUT2D eigenvalue weighted by atomic mass is 32.2. The highest BCUT2D eigenvalue weighted by Gasteiger charge is 2.51. The summed E-state index contributed by atoms with van der Waals surface area (Å²) in [7, 11) is -3.83. The lowest BCUT2D eigenvalue weighted by Gasteiger charge is -2.42. The Kier molecular flexibility index (Phi) is 6.72. The monoisotopic (exact) mass is 687 g/mol. The second kappa shape index (κ2) is 11.5. The molecular formula is C46H29N3O2S. The van der Waals surface area contributed by atoms with Gasteiger partial charge >= 0.3 is 0 Å². The summed E-state index contributed by atoms with van der Waals surface area (Å²) >= 11 is 0. The van der Waals surface area contributed by atoms with Gasteiger partial charge in [-0.25, -0.2) is 18.4 Å². The first-order chi connectivity index (χ1) is 25.5. The van der Waals surface area contributed by atoms with Crippen LogP contribution in [-0.2, 0) is 15.3 Å². The van der Waals surface area contributed by atoms with Crippen molar-refractivity contribution in [1.29, 1.82) is 0 Å². The predicted molar refractivity (Wildman–Crippen MR) is 204 cm³/mol. The van der Waals surface area contributed by atoms with Crippen LogP contribution in [0.5, 0.6) is 0 Å². The maximum absolute atomic E-state index is 14.5. The quantitative estimate of drug-likeness (QED) is 0.185. The molecule has 246 valence electrons. The van der Waals surface area contributed by atoms with E-state index in [0.29, 0.717) is 15.6 Å². The van der Waals surface area contributed by atoms with E-state index in [-0.39, 0.29) is 0 Å².